The number of fused-ring (bicyclic) bond motifs is 1. The number of nitrogens with zero attached hydrogens (tertiary/aromatic N) is 2. The van der Waals surface area contributed by atoms with Crippen LogP contribution in [0.3, 0.4) is 0 Å². The van der Waals surface area contributed by atoms with Crippen molar-refractivity contribution in [1.82, 2.24) is 10.3 Å². The van der Waals surface area contributed by atoms with Crippen LogP contribution in [0.15, 0.2) is 42.5 Å². The van der Waals surface area contributed by atoms with E-state index in [-0.39, 0.29) is 12.0 Å². The third kappa shape index (κ3) is 5.84. The standard InChI is InChI=1S/C22H28N4O5S/c1-22(2,3)31-21(28)25-13-17-8-9-19(12-18(17)14-25)26(32(29)30)11-10-15-4-6-16(7-5-15)20(27)24-23/h4-9,12H,10-11,13-14,23H2,1-3H3,(H,24,27)(H,29,30). The van der Waals surface area contributed by atoms with E-state index in [1.807, 2.05) is 32.9 Å². The lowest BCUT2D eigenvalue weighted by molar-refractivity contribution is 0.0241. The number of hydrogen-bond donors (Lipinski definition) is 3. The van der Waals surface area contributed by atoms with Crippen molar-refractivity contribution < 1.29 is 23.1 Å². The Morgan fingerprint density at radius 3 is 2.41 bits per heavy atom. The number of hydrogen-bond acceptors (Lipinski definition) is 5. The molecule has 0 aromatic heterocycles. The van der Waals surface area contributed by atoms with Crippen LogP contribution in [0.1, 0.15) is 47.8 Å². The summed E-state index contributed by atoms with van der Waals surface area (Å²) >= 11 is -2.22. The number of carbonyl (C=O) groups excluding carboxylic acids is 2. The quantitative estimate of drug-likeness (QED) is 0.263. The van der Waals surface area contributed by atoms with Gasteiger partial charge in [-0.25, -0.2) is 14.8 Å². The second-order valence-corrected chi connectivity index (χ2v) is 9.44. The van der Waals surface area contributed by atoms with Crippen LogP contribution < -0.4 is 15.6 Å². The first-order valence-corrected chi connectivity index (χ1v) is 11.2. The minimum Gasteiger partial charge on any atom is -0.444 e. The SMILES string of the molecule is CC(C)(C)OC(=O)N1Cc2ccc(N(CCc3ccc(C(=O)NN)cc3)S(=O)O)cc2C1. The van der Waals surface area contributed by atoms with Gasteiger partial charge in [0, 0.05) is 25.2 Å². The highest BCUT2D eigenvalue weighted by molar-refractivity contribution is 7.80. The number of nitrogen functional groups attached to an aromatic ring is 1. The molecule has 172 valence electrons. The fraction of sp³-hybridized carbons (Fsp3) is 0.364. The van der Waals surface area contributed by atoms with Gasteiger partial charge in [0.15, 0.2) is 0 Å². The molecule has 2 aromatic carbocycles. The van der Waals surface area contributed by atoms with Crippen molar-refractivity contribution >= 4 is 29.0 Å². The third-order valence-corrected chi connectivity index (χ3v) is 5.76. The van der Waals surface area contributed by atoms with Crippen molar-refractivity contribution in [3.63, 3.8) is 0 Å². The molecule has 1 unspecified atom stereocenters. The lowest BCUT2D eigenvalue weighted by atomic mass is 10.1. The molecule has 0 fully saturated rings. The number of benzene rings is 2. The van der Waals surface area contributed by atoms with Gasteiger partial charge in [-0.2, -0.15) is 0 Å². The largest absolute Gasteiger partial charge is 0.444 e. The summed E-state index contributed by atoms with van der Waals surface area (Å²) in [6, 6.07) is 12.4. The zero-order valence-corrected chi connectivity index (χ0v) is 19.1. The van der Waals surface area contributed by atoms with Crippen molar-refractivity contribution in [3.8, 4) is 0 Å². The van der Waals surface area contributed by atoms with Gasteiger partial charge in [0.1, 0.15) is 5.60 Å². The van der Waals surface area contributed by atoms with Crippen molar-refractivity contribution in [2.24, 2.45) is 5.84 Å². The molecule has 0 bridgehead atoms. The van der Waals surface area contributed by atoms with Crippen molar-refractivity contribution in [2.45, 2.75) is 45.9 Å². The van der Waals surface area contributed by atoms with Crippen LogP contribution in [0.2, 0.25) is 0 Å². The Kier molecular flexibility index (Phi) is 7.17. The molecule has 3 rings (SSSR count). The molecular formula is C22H28N4O5S. The summed E-state index contributed by atoms with van der Waals surface area (Å²) in [7, 11) is 0. The molecule has 0 aliphatic carbocycles. The molecule has 0 spiro atoms. The van der Waals surface area contributed by atoms with E-state index in [1.165, 1.54) is 4.31 Å². The molecule has 1 aliphatic heterocycles. The Balaban J connectivity index is 1.68. The number of nitrogens with one attached hydrogen (secondary N) is 1. The number of amides is 2. The Labute approximate surface area is 189 Å². The number of rotatable bonds is 6. The zero-order valence-electron chi connectivity index (χ0n) is 18.3. The molecular weight excluding hydrogens is 432 g/mol. The minimum atomic E-state index is -2.22. The summed E-state index contributed by atoms with van der Waals surface area (Å²) in [5.41, 5.74) is 5.34. The topological polar surface area (TPSA) is 125 Å². The molecule has 4 N–H and O–H groups in total. The summed E-state index contributed by atoms with van der Waals surface area (Å²) in [6.07, 6.45) is 0.113. The zero-order chi connectivity index (χ0) is 23.5. The molecule has 1 heterocycles. The minimum absolute atomic E-state index is 0.292. The van der Waals surface area contributed by atoms with Crippen LogP contribution in [0.25, 0.3) is 0 Å². The maximum atomic E-state index is 12.4. The Morgan fingerprint density at radius 1 is 1.16 bits per heavy atom. The first-order chi connectivity index (χ1) is 15.1. The van der Waals surface area contributed by atoms with Gasteiger partial charge in [0.25, 0.3) is 17.2 Å². The first-order valence-electron chi connectivity index (χ1n) is 10.2. The van der Waals surface area contributed by atoms with Gasteiger partial charge in [-0.3, -0.25) is 24.0 Å². The Bertz CT molecular complexity index is 1020. The second kappa shape index (κ2) is 9.68. The summed E-state index contributed by atoms with van der Waals surface area (Å²) in [6.45, 7) is 6.58. The van der Waals surface area contributed by atoms with Crippen LogP contribution in [-0.4, -0.2) is 37.8 Å². The van der Waals surface area contributed by atoms with E-state index in [4.69, 9.17) is 10.6 Å². The van der Waals surface area contributed by atoms with Gasteiger partial charge in [-0.1, -0.05) is 18.2 Å². The number of nitrogens with two attached hydrogens (primary N) is 1. The average Bonchev–Trinajstić information content (AvgIpc) is 3.16. The first kappa shape index (κ1) is 23.7. The highest BCUT2D eigenvalue weighted by atomic mass is 32.2. The van der Waals surface area contributed by atoms with Crippen molar-refractivity contribution in [3.05, 3.63) is 64.7 Å². The molecule has 0 saturated heterocycles. The summed E-state index contributed by atoms with van der Waals surface area (Å²) < 4.78 is 28.7. The van der Waals surface area contributed by atoms with E-state index in [0.717, 1.165) is 16.7 Å². The predicted molar refractivity (Wildman–Crippen MR) is 122 cm³/mol. The van der Waals surface area contributed by atoms with E-state index < -0.39 is 16.9 Å². The van der Waals surface area contributed by atoms with Gasteiger partial charge < -0.3 is 4.74 Å². The van der Waals surface area contributed by atoms with Crippen molar-refractivity contribution in [1.29, 1.82) is 0 Å². The molecule has 32 heavy (non-hydrogen) atoms. The van der Waals surface area contributed by atoms with Gasteiger partial charge in [0.05, 0.1) is 5.69 Å². The summed E-state index contributed by atoms with van der Waals surface area (Å²) in [5, 5.41) is 0. The maximum Gasteiger partial charge on any atom is 0.410 e. The van der Waals surface area contributed by atoms with E-state index >= 15 is 0 Å². The van der Waals surface area contributed by atoms with Crippen LogP contribution in [-0.2, 0) is 35.5 Å². The summed E-state index contributed by atoms with van der Waals surface area (Å²) in [4.78, 5) is 25.5. The number of carbonyl (C=O) groups is 2. The third-order valence-electron chi connectivity index (χ3n) is 4.99. The van der Waals surface area contributed by atoms with Crippen LogP contribution >= 0.6 is 0 Å². The average molecular weight is 461 g/mol. The Hall–Kier alpha value is -2.95. The molecule has 2 aromatic rings. The van der Waals surface area contributed by atoms with E-state index in [9.17, 15) is 18.4 Å². The van der Waals surface area contributed by atoms with Crippen molar-refractivity contribution in [2.75, 3.05) is 10.8 Å². The number of hydrazine groups is 1. The fourth-order valence-corrected chi connectivity index (χ4v) is 3.97. The molecule has 1 atom stereocenters. The molecule has 10 heteroatoms. The normalized spacial score (nSPS) is 14.0. The fourth-order valence-electron chi connectivity index (χ4n) is 3.43. The van der Waals surface area contributed by atoms with Gasteiger partial charge in [0.2, 0.25) is 0 Å². The Morgan fingerprint density at radius 2 is 1.81 bits per heavy atom. The van der Waals surface area contributed by atoms with E-state index in [2.05, 4.69) is 5.43 Å². The highest BCUT2D eigenvalue weighted by Crippen LogP contribution is 2.29. The maximum absolute atomic E-state index is 12.4. The predicted octanol–water partition coefficient (Wildman–Crippen LogP) is 2.73. The second-order valence-electron chi connectivity index (χ2n) is 8.54. The van der Waals surface area contributed by atoms with E-state index in [0.29, 0.717) is 37.3 Å². The van der Waals surface area contributed by atoms with Crippen LogP contribution in [0.4, 0.5) is 10.5 Å². The number of ether oxygens (including phenoxy) is 1. The lowest BCUT2D eigenvalue weighted by Crippen LogP contribution is -2.33. The monoisotopic (exact) mass is 460 g/mol. The summed E-state index contributed by atoms with van der Waals surface area (Å²) in [5.74, 6) is 4.75. The van der Waals surface area contributed by atoms with Gasteiger partial charge in [-0.15, -0.1) is 0 Å². The molecule has 2 amide bonds. The van der Waals surface area contributed by atoms with E-state index in [1.54, 1.807) is 35.2 Å². The lowest BCUT2D eigenvalue weighted by Gasteiger charge is -2.24. The molecule has 9 nitrogen and oxygen atoms in total. The van der Waals surface area contributed by atoms with Crippen LogP contribution in [0.5, 0.6) is 0 Å². The van der Waals surface area contributed by atoms with Gasteiger partial charge in [-0.05, 0) is 68.1 Å². The molecule has 0 radical (unpaired) electrons. The highest BCUT2D eigenvalue weighted by Gasteiger charge is 2.28. The van der Waals surface area contributed by atoms with Crippen LogP contribution in [0, 0.1) is 0 Å². The molecule has 1 aliphatic rings. The van der Waals surface area contributed by atoms with Gasteiger partial charge >= 0.3 is 6.09 Å². The number of anilines is 1. The molecule has 0 saturated carbocycles. The smallest absolute Gasteiger partial charge is 0.410 e.